The zero-order valence-corrected chi connectivity index (χ0v) is 14.2. The van der Waals surface area contributed by atoms with Gasteiger partial charge in [0.05, 0.1) is 0 Å². The van der Waals surface area contributed by atoms with Crippen LogP contribution in [0.1, 0.15) is 80.1 Å². The zero-order chi connectivity index (χ0) is 14.4. The molecular formula is C19H36. The minimum Gasteiger partial charge on any atom is -0.0848 e. The van der Waals surface area contributed by atoms with Crippen molar-refractivity contribution in [1.29, 1.82) is 0 Å². The van der Waals surface area contributed by atoms with E-state index >= 15 is 0 Å². The lowest BCUT2D eigenvalue weighted by atomic mass is 9.66. The van der Waals surface area contributed by atoms with Crippen LogP contribution in [0.15, 0.2) is 11.6 Å². The van der Waals surface area contributed by atoms with Crippen molar-refractivity contribution in [1.82, 2.24) is 0 Å². The molecule has 112 valence electrons. The Hall–Kier alpha value is -0.260. The van der Waals surface area contributed by atoms with E-state index in [0.29, 0.717) is 0 Å². The maximum absolute atomic E-state index is 2.61. The van der Waals surface area contributed by atoms with Gasteiger partial charge in [-0.25, -0.2) is 0 Å². The van der Waals surface area contributed by atoms with E-state index in [2.05, 4.69) is 33.8 Å². The van der Waals surface area contributed by atoms with Crippen molar-refractivity contribution in [3.05, 3.63) is 11.6 Å². The summed E-state index contributed by atoms with van der Waals surface area (Å²) in [4.78, 5) is 0. The minimum absolute atomic E-state index is 0.899. The van der Waals surface area contributed by atoms with Crippen LogP contribution in [0.4, 0.5) is 0 Å². The van der Waals surface area contributed by atoms with Crippen molar-refractivity contribution < 1.29 is 0 Å². The SMILES string of the molecule is CC.CCC(C)C(C)C1CC=C2CCC(C)CC2C1. The first-order chi connectivity index (χ1) is 9.11. The van der Waals surface area contributed by atoms with Crippen molar-refractivity contribution in [3.63, 3.8) is 0 Å². The monoisotopic (exact) mass is 264 g/mol. The predicted octanol–water partition coefficient (Wildman–Crippen LogP) is 6.47. The van der Waals surface area contributed by atoms with Gasteiger partial charge in [0.1, 0.15) is 0 Å². The van der Waals surface area contributed by atoms with Gasteiger partial charge >= 0.3 is 0 Å². The number of hydrogen-bond acceptors (Lipinski definition) is 0. The van der Waals surface area contributed by atoms with Crippen LogP contribution < -0.4 is 0 Å². The van der Waals surface area contributed by atoms with E-state index in [1.54, 1.807) is 0 Å². The van der Waals surface area contributed by atoms with Crippen LogP contribution in [0, 0.1) is 29.6 Å². The Bertz CT molecular complexity index is 276. The third kappa shape index (κ3) is 4.36. The van der Waals surface area contributed by atoms with Crippen LogP contribution in [-0.2, 0) is 0 Å². The van der Waals surface area contributed by atoms with Crippen molar-refractivity contribution in [2.45, 2.75) is 80.1 Å². The summed E-state index contributed by atoms with van der Waals surface area (Å²) < 4.78 is 0. The summed E-state index contributed by atoms with van der Waals surface area (Å²) in [5.41, 5.74) is 1.82. The molecule has 0 saturated heterocycles. The molecular weight excluding hydrogens is 228 g/mol. The first-order valence-electron chi connectivity index (χ1n) is 8.80. The van der Waals surface area contributed by atoms with E-state index in [0.717, 1.165) is 29.6 Å². The van der Waals surface area contributed by atoms with Gasteiger partial charge in [0.15, 0.2) is 0 Å². The fourth-order valence-electron chi connectivity index (χ4n) is 3.92. The smallest absolute Gasteiger partial charge is 0.0198 e. The molecule has 0 aliphatic heterocycles. The van der Waals surface area contributed by atoms with Gasteiger partial charge in [-0.05, 0) is 61.7 Å². The Kier molecular flexibility index (Phi) is 7.18. The summed E-state index contributed by atoms with van der Waals surface area (Å²) in [7, 11) is 0. The van der Waals surface area contributed by atoms with E-state index < -0.39 is 0 Å². The molecule has 2 aliphatic rings. The lowest BCUT2D eigenvalue weighted by Gasteiger charge is -2.39. The highest BCUT2D eigenvalue weighted by Gasteiger charge is 2.32. The molecule has 0 radical (unpaired) electrons. The van der Waals surface area contributed by atoms with Gasteiger partial charge in [-0.1, -0.05) is 59.6 Å². The van der Waals surface area contributed by atoms with Gasteiger partial charge in [-0.2, -0.15) is 0 Å². The molecule has 0 heterocycles. The summed E-state index contributed by atoms with van der Waals surface area (Å²) in [5.74, 6) is 4.69. The Morgan fingerprint density at radius 1 is 1.21 bits per heavy atom. The number of allylic oxidation sites excluding steroid dienone is 2. The molecule has 2 aliphatic carbocycles. The van der Waals surface area contributed by atoms with Crippen molar-refractivity contribution >= 4 is 0 Å². The average molecular weight is 264 g/mol. The van der Waals surface area contributed by atoms with Crippen LogP contribution in [0.2, 0.25) is 0 Å². The third-order valence-electron chi connectivity index (χ3n) is 5.69. The quantitative estimate of drug-likeness (QED) is 0.513. The largest absolute Gasteiger partial charge is 0.0848 e. The normalized spacial score (nSPS) is 33.4. The Morgan fingerprint density at radius 2 is 1.89 bits per heavy atom. The molecule has 0 aromatic carbocycles. The van der Waals surface area contributed by atoms with Crippen LogP contribution in [0.3, 0.4) is 0 Å². The first kappa shape index (κ1) is 16.8. The van der Waals surface area contributed by atoms with Gasteiger partial charge in [0, 0.05) is 0 Å². The molecule has 1 fully saturated rings. The van der Waals surface area contributed by atoms with Crippen LogP contribution >= 0.6 is 0 Å². The second-order valence-corrected chi connectivity index (χ2v) is 6.83. The lowest BCUT2D eigenvalue weighted by molar-refractivity contribution is 0.190. The molecule has 5 atom stereocenters. The predicted molar refractivity (Wildman–Crippen MR) is 87.3 cm³/mol. The van der Waals surface area contributed by atoms with Crippen LogP contribution in [0.5, 0.6) is 0 Å². The van der Waals surface area contributed by atoms with Crippen molar-refractivity contribution in [2.75, 3.05) is 0 Å². The molecule has 0 aromatic rings. The second-order valence-electron chi connectivity index (χ2n) is 6.83. The van der Waals surface area contributed by atoms with Gasteiger partial charge < -0.3 is 0 Å². The van der Waals surface area contributed by atoms with Gasteiger partial charge in [-0.3, -0.25) is 0 Å². The third-order valence-corrected chi connectivity index (χ3v) is 5.69. The molecule has 0 spiro atoms. The lowest BCUT2D eigenvalue weighted by Crippen LogP contribution is -2.28. The van der Waals surface area contributed by atoms with E-state index in [4.69, 9.17) is 0 Å². The summed E-state index contributed by atoms with van der Waals surface area (Å²) in [5, 5.41) is 0. The molecule has 0 N–H and O–H groups in total. The number of fused-ring (bicyclic) bond motifs is 1. The standard InChI is InChI=1S/C17H30.C2H6/c1-5-13(3)14(4)16-9-8-15-7-6-12(2)10-17(15)11-16;1-2/h8,12-14,16-17H,5-7,9-11H2,1-4H3;1-2H3. The number of hydrogen-bond donors (Lipinski definition) is 0. The molecule has 2 rings (SSSR count). The molecule has 1 saturated carbocycles. The fraction of sp³-hybridized carbons (Fsp3) is 0.895. The molecule has 0 heteroatoms. The molecule has 0 aromatic heterocycles. The van der Waals surface area contributed by atoms with Gasteiger partial charge in [0.25, 0.3) is 0 Å². The number of rotatable bonds is 3. The summed E-state index contributed by atoms with van der Waals surface area (Å²) in [6, 6.07) is 0. The maximum atomic E-state index is 2.61. The summed E-state index contributed by atoms with van der Waals surface area (Å²) in [6.07, 6.45) is 11.1. The van der Waals surface area contributed by atoms with E-state index in [1.165, 1.54) is 38.5 Å². The highest BCUT2D eigenvalue weighted by atomic mass is 14.4. The fourth-order valence-corrected chi connectivity index (χ4v) is 3.92. The topological polar surface area (TPSA) is 0 Å². The minimum atomic E-state index is 0.899. The molecule has 19 heavy (non-hydrogen) atoms. The Labute approximate surface area is 122 Å². The first-order valence-corrected chi connectivity index (χ1v) is 8.80. The van der Waals surface area contributed by atoms with Crippen molar-refractivity contribution in [3.8, 4) is 0 Å². The highest BCUT2D eigenvalue weighted by molar-refractivity contribution is 5.14. The van der Waals surface area contributed by atoms with E-state index in [-0.39, 0.29) is 0 Å². The van der Waals surface area contributed by atoms with Crippen LogP contribution in [-0.4, -0.2) is 0 Å². The molecule has 0 amide bonds. The Balaban J connectivity index is 0.000000861. The van der Waals surface area contributed by atoms with E-state index in [9.17, 15) is 0 Å². The molecule has 0 nitrogen and oxygen atoms in total. The summed E-state index contributed by atoms with van der Waals surface area (Å²) >= 11 is 0. The van der Waals surface area contributed by atoms with E-state index in [1.807, 2.05) is 19.4 Å². The zero-order valence-electron chi connectivity index (χ0n) is 14.2. The maximum Gasteiger partial charge on any atom is -0.0198 e. The average Bonchev–Trinajstić information content (AvgIpc) is 2.46. The Morgan fingerprint density at radius 3 is 2.53 bits per heavy atom. The van der Waals surface area contributed by atoms with Crippen molar-refractivity contribution in [2.24, 2.45) is 29.6 Å². The second kappa shape index (κ2) is 8.12. The van der Waals surface area contributed by atoms with Crippen LogP contribution in [0.25, 0.3) is 0 Å². The molecule has 5 unspecified atom stereocenters. The summed E-state index contributed by atoms with van der Waals surface area (Å²) in [6.45, 7) is 13.7. The highest BCUT2D eigenvalue weighted by Crippen LogP contribution is 2.44. The van der Waals surface area contributed by atoms with Gasteiger partial charge in [0.2, 0.25) is 0 Å². The molecule has 0 bridgehead atoms. The van der Waals surface area contributed by atoms with Gasteiger partial charge in [-0.15, -0.1) is 0 Å².